The van der Waals surface area contributed by atoms with Crippen LogP contribution >= 0.6 is 0 Å². The summed E-state index contributed by atoms with van der Waals surface area (Å²) >= 11 is 0. The molecule has 1 unspecified atom stereocenters. The van der Waals surface area contributed by atoms with Crippen molar-refractivity contribution in [2.24, 2.45) is 5.92 Å². The van der Waals surface area contributed by atoms with E-state index in [-0.39, 0.29) is 6.04 Å². The Balaban J connectivity index is 1.78. The van der Waals surface area contributed by atoms with Crippen LogP contribution in [-0.2, 0) is 0 Å². The molecule has 1 aliphatic carbocycles. The molecule has 1 atom stereocenters. The van der Waals surface area contributed by atoms with Gasteiger partial charge in [0.25, 0.3) is 0 Å². The van der Waals surface area contributed by atoms with Crippen molar-refractivity contribution in [2.75, 3.05) is 6.54 Å². The van der Waals surface area contributed by atoms with Crippen molar-refractivity contribution in [1.82, 2.24) is 5.32 Å². The van der Waals surface area contributed by atoms with Gasteiger partial charge in [-0.05, 0) is 43.5 Å². The predicted octanol–water partition coefficient (Wildman–Crippen LogP) is 4.59. The normalized spacial score (nSPS) is 18.5. The minimum atomic E-state index is -0.504. The zero-order valence-electron chi connectivity index (χ0n) is 11.6. The molecular formula is C16H23F2N. The van der Waals surface area contributed by atoms with Crippen molar-refractivity contribution in [2.45, 2.75) is 51.5 Å². The summed E-state index contributed by atoms with van der Waals surface area (Å²) in [6.45, 7) is 2.87. The smallest absolute Gasteiger partial charge is 0.126 e. The predicted molar refractivity (Wildman–Crippen MR) is 74.0 cm³/mol. The van der Waals surface area contributed by atoms with Crippen LogP contribution in [0.1, 0.15) is 57.1 Å². The summed E-state index contributed by atoms with van der Waals surface area (Å²) in [6, 6.07) is 3.72. The molecule has 1 nitrogen and oxygen atoms in total. The first-order valence-corrected chi connectivity index (χ1v) is 7.34. The average Bonchev–Trinajstić information content (AvgIpc) is 2.38. The van der Waals surface area contributed by atoms with Gasteiger partial charge >= 0.3 is 0 Å². The molecule has 1 fully saturated rings. The lowest BCUT2D eigenvalue weighted by Gasteiger charge is -2.22. The first kappa shape index (κ1) is 14.4. The van der Waals surface area contributed by atoms with Crippen molar-refractivity contribution in [3.8, 4) is 0 Å². The molecule has 3 heteroatoms. The maximum Gasteiger partial charge on any atom is 0.126 e. The van der Waals surface area contributed by atoms with Gasteiger partial charge in [0, 0.05) is 12.1 Å². The molecule has 0 heterocycles. The van der Waals surface area contributed by atoms with E-state index >= 15 is 0 Å². The Morgan fingerprint density at radius 2 is 1.74 bits per heavy atom. The lowest BCUT2D eigenvalue weighted by Crippen LogP contribution is -2.22. The minimum absolute atomic E-state index is 0.00575. The van der Waals surface area contributed by atoms with Crippen LogP contribution in [0, 0.1) is 17.6 Å². The van der Waals surface area contributed by atoms with Crippen LogP contribution in [-0.4, -0.2) is 6.54 Å². The van der Waals surface area contributed by atoms with Crippen LogP contribution in [0.3, 0.4) is 0 Å². The lowest BCUT2D eigenvalue weighted by atomic mass is 9.87. The quantitative estimate of drug-likeness (QED) is 0.823. The third-order valence-electron chi connectivity index (χ3n) is 4.11. The van der Waals surface area contributed by atoms with Gasteiger partial charge in [-0.1, -0.05) is 32.1 Å². The fourth-order valence-electron chi connectivity index (χ4n) is 2.92. The van der Waals surface area contributed by atoms with E-state index in [0.717, 1.165) is 18.5 Å². The molecule has 0 amide bonds. The van der Waals surface area contributed by atoms with Crippen LogP contribution in [0.15, 0.2) is 18.2 Å². The highest BCUT2D eigenvalue weighted by molar-refractivity contribution is 5.20. The molecule has 1 aromatic carbocycles. The summed E-state index contributed by atoms with van der Waals surface area (Å²) in [4.78, 5) is 0. The van der Waals surface area contributed by atoms with Crippen molar-refractivity contribution >= 4 is 0 Å². The van der Waals surface area contributed by atoms with E-state index < -0.39 is 11.6 Å². The Morgan fingerprint density at radius 1 is 1.11 bits per heavy atom. The highest BCUT2D eigenvalue weighted by Crippen LogP contribution is 2.26. The van der Waals surface area contributed by atoms with Crippen molar-refractivity contribution < 1.29 is 8.78 Å². The minimum Gasteiger partial charge on any atom is -0.310 e. The van der Waals surface area contributed by atoms with Gasteiger partial charge in [0.2, 0.25) is 0 Å². The molecule has 0 bridgehead atoms. The van der Waals surface area contributed by atoms with Crippen molar-refractivity contribution in [3.63, 3.8) is 0 Å². The van der Waals surface area contributed by atoms with Crippen molar-refractivity contribution in [1.29, 1.82) is 0 Å². The standard InChI is InChI=1S/C16H23F2N/c1-12(14-9-15(17)11-16(18)10-14)19-8-7-13-5-3-2-4-6-13/h9-13,19H,2-8H2,1H3. The van der Waals surface area contributed by atoms with Gasteiger partial charge in [-0.2, -0.15) is 0 Å². The van der Waals surface area contributed by atoms with Gasteiger partial charge in [0.05, 0.1) is 0 Å². The zero-order chi connectivity index (χ0) is 13.7. The van der Waals surface area contributed by atoms with Gasteiger partial charge in [0.15, 0.2) is 0 Å². The van der Waals surface area contributed by atoms with Gasteiger partial charge in [0.1, 0.15) is 11.6 Å². The number of rotatable bonds is 5. The van der Waals surface area contributed by atoms with Gasteiger partial charge in [-0.15, -0.1) is 0 Å². The number of nitrogens with one attached hydrogen (secondary N) is 1. The van der Waals surface area contributed by atoms with E-state index in [1.165, 1.54) is 50.7 Å². The zero-order valence-corrected chi connectivity index (χ0v) is 11.6. The number of benzene rings is 1. The summed E-state index contributed by atoms with van der Waals surface area (Å²) in [6.07, 6.45) is 7.94. The lowest BCUT2D eigenvalue weighted by molar-refractivity contribution is 0.329. The number of halogens is 2. The third kappa shape index (κ3) is 4.57. The molecule has 0 aliphatic heterocycles. The summed E-state index contributed by atoms with van der Waals surface area (Å²) < 4.78 is 26.3. The van der Waals surface area contributed by atoms with Crippen LogP contribution in [0.5, 0.6) is 0 Å². The molecule has 0 aromatic heterocycles. The largest absolute Gasteiger partial charge is 0.310 e. The Bertz CT molecular complexity index is 379. The van der Waals surface area contributed by atoms with Gasteiger partial charge in [-0.3, -0.25) is 0 Å². The second-order valence-corrected chi connectivity index (χ2v) is 5.67. The second kappa shape index (κ2) is 6.99. The Kier molecular flexibility index (Phi) is 5.32. The number of hydrogen-bond donors (Lipinski definition) is 1. The fourth-order valence-corrected chi connectivity index (χ4v) is 2.92. The highest BCUT2D eigenvalue weighted by atomic mass is 19.1. The topological polar surface area (TPSA) is 12.0 Å². The number of hydrogen-bond acceptors (Lipinski definition) is 1. The Labute approximate surface area is 114 Å². The molecule has 2 rings (SSSR count). The van der Waals surface area contributed by atoms with E-state index in [1.54, 1.807) is 0 Å². The maximum absolute atomic E-state index is 13.1. The summed E-state index contributed by atoms with van der Waals surface area (Å²) in [7, 11) is 0. The van der Waals surface area contributed by atoms with Crippen LogP contribution in [0.4, 0.5) is 8.78 Å². The summed E-state index contributed by atoms with van der Waals surface area (Å²) in [5.41, 5.74) is 0.682. The van der Waals surface area contributed by atoms with E-state index in [0.29, 0.717) is 5.56 Å². The first-order valence-electron chi connectivity index (χ1n) is 7.34. The van der Waals surface area contributed by atoms with E-state index in [4.69, 9.17) is 0 Å². The molecule has 1 N–H and O–H groups in total. The molecule has 19 heavy (non-hydrogen) atoms. The SMILES string of the molecule is CC(NCCC1CCCCC1)c1cc(F)cc(F)c1. The summed E-state index contributed by atoms with van der Waals surface area (Å²) in [5.74, 6) is -0.176. The Morgan fingerprint density at radius 3 is 2.37 bits per heavy atom. The average molecular weight is 267 g/mol. The van der Waals surface area contributed by atoms with Crippen LogP contribution in [0.2, 0.25) is 0 Å². The molecule has 1 saturated carbocycles. The molecule has 1 aliphatic rings. The fraction of sp³-hybridized carbons (Fsp3) is 0.625. The summed E-state index contributed by atoms with van der Waals surface area (Å²) in [5, 5.41) is 3.37. The van der Waals surface area contributed by atoms with Crippen LogP contribution < -0.4 is 5.32 Å². The van der Waals surface area contributed by atoms with E-state index in [9.17, 15) is 8.78 Å². The van der Waals surface area contributed by atoms with E-state index in [2.05, 4.69) is 5.32 Å². The monoisotopic (exact) mass is 267 g/mol. The molecule has 0 radical (unpaired) electrons. The second-order valence-electron chi connectivity index (χ2n) is 5.67. The highest BCUT2D eigenvalue weighted by Gasteiger charge is 2.14. The van der Waals surface area contributed by atoms with Gasteiger partial charge < -0.3 is 5.32 Å². The first-order chi connectivity index (χ1) is 9.15. The van der Waals surface area contributed by atoms with Gasteiger partial charge in [-0.25, -0.2) is 8.78 Å². The van der Waals surface area contributed by atoms with E-state index in [1.807, 2.05) is 6.92 Å². The molecule has 0 spiro atoms. The molecule has 1 aromatic rings. The van der Waals surface area contributed by atoms with Crippen molar-refractivity contribution in [3.05, 3.63) is 35.4 Å². The third-order valence-corrected chi connectivity index (χ3v) is 4.11. The maximum atomic E-state index is 13.1. The molecular weight excluding hydrogens is 244 g/mol. The van der Waals surface area contributed by atoms with Crippen LogP contribution in [0.25, 0.3) is 0 Å². The molecule has 106 valence electrons. The Hall–Kier alpha value is -0.960. The molecule has 0 saturated heterocycles.